The molecule has 3 aliphatic rings. The lowest BCUT2D eigenvalue weighted by atomic mass is 9.61. The van der Waals surface area contributed by atoms with Crippen molar-refractivity contribution in [1.29, 1.82) is 0 Å². The highest BCUT2D eigenvalue weighted by Crippen LogP contribution is 2.67. The van der Waals surface area contributed by atoms with Gasteiger partial charge in [0.05, 0.1) is 0 Å². The van der Waals surface area contributed by atoms with E-state index < -0.39 is 17.9 Å². The number of fused-ring (bicyclic) bond motifs is 2. The van der Waals surface area contributed by atoms with E-state index in [9.17, 15) is 9.59 Å². The molecule has 0 spiro atoms. The first-order valence-electron chi connectivity index (χ1n) is 7.18. The minimum absolute atomic E-state index is 0.199. The van der Waals surface area contributed by atoms with E-state index in [1.807, 2.05) is 0 Å². The molecule has 0 N–H and O–H groups in total. The summed E-state index contributed by atoms with van der Waals surface area (Å²) in [5.74, 6) is -0.411. The molecule has 1 aliphatic heterocycles. The summed E-state index contributed by atoms with van der Waals surface area (Å²) in [6.07, 6.45) is 4.29. The topological polar surface area (TPSA) is 52.6 Å². The van der Waals surface area contributed by atoms with Crippen molar-refractivity contribution in [1.82, 2.24) is 0 Å². The molecule has 2 aliphatic carbocycles. The highest BCUT2D eigenvalue weighted by molar-refractivity contribution is 5.96. The molecule has 1 saturated heterocycles. The van der Waals surface area contributed by atoms with Crippen molar-refractivity contribution in [2.45, 2.75) is 46.5 Å². The molecule has 106 valence electrons. The third kappa shape index (κ3) is 1.79. The van der Waals surface area contributed by atoms with Crippen molar-refractivity contribution in [3.05, 3.63) is 0 Å². The van der Waals surface area contributed by atoms with Crippen molar-refractivity contribution < 1.29 is 19.1 Å². The molecule has 3 atom stereocenters. The van der Waals surface area contributed by atoms with E-state index in [0.29, 0.717) is 12.3 Å². The maximum atomic E-state index is 11.8. The Morgan fingerprint density at radius 3 is 2.32 bits per heavy atom. The maximum absolute atomic E-state index is 11.8. The smallest absolute Gasteiger partial charge is 0.323 e. The van der Waals surface area contributed by atoms with Crippen LogP contribution in [0.25, 0.3) is 0 Å². The first kappa shape index (κ1) is 12.9. The van der Waals surface area contributed by atoms with E-state index >= 15 is 0 Å². The number of hydrogen-bond acceptors (Lipinski definition) is 4. The number of carbonyl (C=O) groups is 2. The number of carbonyl (C=O) groups excluding carboxylic acids is 2. The zero-order valence-electron chi connectivity index (χ0n) is 11.9. The van der Waals surface area contributed by atoms with Crippen LogP contribution < -0.4 is 0 Å². The Morgan fingerprint density at radius 2 is 1.79 bits per heavy atom. The molecule has 3 fully saturated rings. The summed E-state index contributed by atoms with van der Waals surface area (Å²) < 4.78 is 9.74. The number of rotatable bonds is 2. The molecule has 2 bridgehead atoms. The Hall–Kier alpha value is -1.06. The van der Waals surface area contributed by atoms with Gasteiger partial charge in [0.15, 0.2) is 5.92 Å². The largest absolute Gasteiger partial charge is 0.427 e. The Bertz CT molecular complexity index is 407. The minimum atomic E-state index is -0.714. The zero-order valence-corrected chi connectivity index (χ0v) is 11.9. The monoisotopic (exact) mass is 266 g/mol. The van der Waals surface area contributed by atoms with Crippen LogP contribution in [0.5, 0.6) is 0 Å². The van der Waals surface area contributed by atoms with Crippen LogP contribution in [0.1, 0.15) is 46.5 Å². The number of cyclic esters (lactones) is 2. The summed E-state index contributed by atoms with van der Waals surface area (Å²) in [5, 5.41) is 0. The molecule has 4 nitrogen and oxygen atoms in total. The van der Waals surface area contributed by atoms with Gasteiger partial charge in [0.1, 0.15) is 0 Å². The van der Waals surface area contributed by atoms with Gasteiger partial charge in [0.25, 0.3) is 0 Å². The molecule has 0 aromatic rings. The van der Waals surface area contributed by atoms with Crippen LogP contribution in [0.2, 0.25) is 0 Å². The molecule has 2 saturated carbocycles. The van der Waals surface area contributed by atoms with Gasteiger partial charge in [-0.3, -0.25) is 9.59 Å². The molecule has 1 heterocycles. The van der Waals surface area contributed by atoms with Gasteiger partial charge < -0.3 is 9.47 Å². The second-order valence-electron chi connectivity index (χ2n) is 7.30. The van der Waals surface area contributed by atoms with Crippen LogP contribution in [0, 0.1) is 28.6 Å². The molecule has 0 radical (unpaired) electrons. The second-order valence-corrected chi connectivity index (χ2v) is 7.30. The van der Waals surface area contributed by atoms with Crippen LogP contribution in [0.4, 0.5) is 0 Å². The molecule has 19 heavy (non-hydrogen) atoms. The molecule has 0 aromatic heterocycles. The van der Waals surface area contributed by atoms with E-state index in [-0.39, 0.29) is 17.6 Å². The normalized spacial score (nSPS) is 41.2. The fourth-order valence-corrected chi connectivity index (χ4v) is 4.86. The number of esters is 2. The zero-order chi connectivity index (χ0) is 13.8. The second kappa shape index (κ2) is 3.97. The maximum Gasteiger partial charge on any atom is 0.323 e. The summed E-state index contributed by atoms with van der Waals surface area (Å²) in [4.78, 5) is 23.6. The fraction of sp³-hybridized carbons (Fsp3) is 0.867. The average Bonchev–Trinajstić information content (AvgIpc) is 2.78. The van der Waals surface area contributed by atoms with Gasteiger partial charge in [-0.15, -0.1) is 0 Å². The van der Waals surface area contributed by atoms with Gasteiger partial charge in [0, 0.05) is 0 Å². The van der Waals surface area contributed by atoms with Gasteiger partial charge in [-0.25, -0.2) is 0 Å². The minimum Gasteiger partial charge on any atom is -0.427 e. The third-order valence-corrected chi connectivity index (χ3v) is 6.01. The number of hydrogen-bond donors (Lipinski definition) is 0. The van der Waals surface area contributed by atoms with E-state index in [4.69, 9.17) is 9.47 Å². The van der Waals surface area contributed by atoms with Crippen molar-refractivity contribution in [3.8, 4) is 0 Å². The lowest BCUT2D eigenvalue weighted by molar-refractivity contribution is -0.192. The van der Waals surface area contributed by atoms with Crippen molar-refractivity contribution >= 4 is 11.9 Å². The molecule has 3 unspecified atom stereocenters. The molecular weight excluding hydrogens is 244 g/mol. The molecule has 3 rings (SSSR count). The summed E-state index contributed by atoms with van der Waals surface area (Å²) in [6, 6.07) is 0. The van der Waals surface area contributed by atoms with Crippen LogP contribution in [-0.4, -0.2) is 18.7 Å². The standard InChI is InChI=1S/C15H22O4/c1-14(2)9-4-5-15(3,7-9)11(14)6-10-12(16)18-8-19-13(10)17/h9-11H,4-8H2,1-3H3. The Labute approximate surface area is 113 Å². The highest BCUT2D eigenvalue weighted by Gasteiger charge is 2.60. The highest BCUT2D eigenvalue weighted by atomic mass is 16.7. The van der Waals surface area contributed by atoms with Gasteiger partial charge in [-0.05, 0) is 48.3 Å². The van der Waals surface area contributed by atoms with Gasteiger partial charge in [0.2, 0.25) is 6.79 Å². The molecule has 0 aromatic carbocycles. The lowest BCUT2D eigenvalue weighted by Crippen LogP contribution is -2.42. The molecular formula is C15H22O4. The predicted molar refractivity (Wildman–Crippen MR) is 67.9 cm³/mol. The van der Waals surface area contributed by atoms with E-state index in [1.165, 1.54) is 19.3 Å². The van der Waals surface area contributed by atoms with E-state index in [1.54, 1.807) is 0 Å². The van der Waals surface area contributed by atoms with Crippen molar-refractivity contribution in [2.24, 2.45) is 28.6 Å². The Morgan fingerprint density at radius 1 is 1.16 bits per heavy atom. The van der Waals surface area contributed by atoms with Crippen LogP contribution in [0.15, 0.2) is 0 Å². The molecule has 0 amide bonds. The lowest BCUT2D eigenvalue weighted by Gasteiger charge is -2.44. The van der Waals surface area contributed by atoms with E-state index in [0.717, 1.165) is 5.92 Å². The Kier molecular flexibility index (Phi) is 2.70. The van der Waals surface area contributed by atoms with Crippen LogP contribution >= 0.6 is 0 Å². The SMILES string of the molecule is CC12CCC(C1)C(C)(C)C2CC1C(=O)OCOC1=O. The summed E-state index contributed by atoms with van der Waals surface area (Å²) in [5.41, 5.74) is 0.469. The van der Waals surface area contributed by atoms with Crippen LogP contribution in [0.3, 0.4) is 0 Å². The number of ether oxygens (including phenoxy) is 2. The summed E-state index contributed by atoms with van der Waals surface area (Å²) in [6.45, 7) is 6.66. The quantitative estimate of drug-likeness (QED) is 0.569. The first-order chi connectivity index (χ1) is 8.84. The van der Waals surface area contributed by atoms with E-state index in [2.05, 4.69) is 20.8 Å². The third-order valence-electron chi connectivity index (χ3n) is 6.01. The fourth-order valence-electron chi connectivity index (χ4n) is 4.86. The van der Waals surface area contributed by atoms with Gasteiger partial charge in [-0.2, -0.15) is 0 Å². The summed E-state index contributed by atoms with van der Waals surface area (Å²) >= 11 is 0. The average molecular weight is 266 g/mol. The first-order valence-corrected chi connectivity index (χ1v) is 7.18. The predicted octanol–water partition coefficient (Wildman–Crippen LogP) is 2.51. The summed E-state index contributed by atoms with van der Waals surface area (Å²) in [7, 11) is 0. The Balaban J connectivity index is 1.82. The van der Waals surface area contributed by atoms with Gasteiger partial charge >= 0.3 is 11.9 Å². The van der Waals surface area contributed by atoms with Gasteiger partial charge in [-0.1, -0.05) is 20.8 Å². The van der Waals surface area contributed by atoms with Crippen molar-refractivity contribution in [2.75, 3.05) is 6.79 Å². The molecule has 4 heteroatoms. The van der Waals surface area contributed by atoms with Crippen molar-refractivity contribution in [3.63, 3.8) is 0 Å². The van der Waals surface area contributed by atoms with Crippen LogP contribution in [-0.2, 0) is 19.1 Å².